The molecule has 3 rings (SSSR count). The van der Waals surface area contributed by atoms with Crippen LogP contribution < -0.4 is 19.7 Å². The smallest absolute Gasteiger partial charge is 0.255 e. The lowest BCUT2D eigenvalue weighted by Crippen LogP contribution is -2.40. The third-order valence-corrected chi connectivity index (χ3v) is 7.40. The predicted octanol–water partition coefficient (Wildman–Crippen LogP) is 2.12. The van der Waals surface area contributed by atoms with E-state index in [9.17, 15) is 17.6 Å². The summed E-state index contributed by atoms with van der Waals surface area (Å²) >= 11 is 0. The molecule has 0 bridgehead atoms. The van der Waals surface area contributed by atoms with Crippen molar-refractivity contribution < 1.29 is 31.8 Å². The van der Waals surface area contributed by atoms with Crippen molar-refractivity contribution in [2.45, 2.75) is 11.3 Å². The fourth-order valence-corrected chi connectivity index (χ4v) is 5.14. The molecule has 0 atom stereocenters. The lowest BCUT2D eigenvalue weighted by atomic mass is 10.1. The quantitative estimate of drug-likeness (QED) is 0.505. The standard InChI is InChI=1S/C23H30FN3O6S/c1-26(20-8-5-4-7-19(20)24)10-6-9-25-23(28)18-15-17(16-21(31-2)22(18)32-3)34(29,30)27-11-13-33-14-12-27/h4-5,7-8,15-16H,6,9-14H2,1-3H3,(H,25,28). The number of rotatable bonds is 10. The van der Waals surface area contributed by atoms with Crippen LogP contribution in [-0.4, -0.2) is 79.3 Å². The summed E-state index contributed by atoms with van der Waals surface area (Å²) in [6.45, 7) is 1.88. The Morgan fingerprint density at radius 3 is 2.53 bits per heavy atom. The van der Waals surface area contributed by atoms with Crippen LogP contribution >= 0.6 is 0 Å². The average molecular weight is 496 g/mol. The van der Waals surface area contributed by atoms with Gasteiger partial charge in [0.15, 0.2) is 11.5 Å². The molecule has 1 fully saturated rings. The van der Waals surface area contributed by atoms with Gasteiger partial charge in [0, 0.05) is 39.3 Å². The predicted molar refractivity (Wildman–Crippen MR) is 126 cm³/mol. The normalized spacial score (nSPS) is 14.5. The lowest BCUT2D eigenvalue weighted by molar-refractivity contribution is 0.0730. The van der Waals surface area contributed by atoms with E-state index in [0.717, 1.165) is 0 Å². The van der Waals surface area contributed by atoms with Crippen LogP contribution in [0.25, 0.3) is 0 Å². The zero-order valence-corrected chi connectivity index (χ0v) is 20.4. The maximum Gasteiger partial charge on any atom is 0.255 e. The monoisotopic (exact) mass is 495 g/mol. The van der Waals surface area contributed by atoms with E-state index >= 15 is 0 Å². The molecule has 34 heavy (non-hydrogen) atoms. The highest BCUT2D eigenvalue weighted by molar-refractivity contribution is 7.89. The largest absolute Gasteiger partial charge is 0.493 e. The number of morpholine rings is 1. The summed E-state index contributed by atoms with van der Waals surface area (Å²) < 4.78 is 57.4. The number of hydrogen-bond donors (Lipinski definition) is 1. The van der Waals surface area contributed by atoms with Crippen molar-refractivity contribution >= 4 is 21.6 Å². The minimum atomic E-state index is -3.85. The third-order valence-electron chi connectivity index (χ3n) is 5.52. The molecule has 9 nitrogen and oxygen atoms in total. The summed E-state index contributed by atoms with van der Waals surface area (Å²) in [7, 11) is 0.682. The first-order chi connectivity index (χ1) is 16.3. The number of para-hydroxylation sites is 1. The van der Waals surface area contributed by atoms with Gasteiger partial charge in [-0.15, -0.1) is 0 Å². The van der Waals surface area contributed by atoms with E-state index < -0.39 is 15.9 Å². The number of carbonyl (C=O) groups excluding carboxylic acids is 1. The number of benzene rings is 2. The van der Waals surface area contributed by atoms with Gasteiger partial charge in [0.05, 0.1) is 43.6 Å². The summed E-state index contributed by atoms with van der Waals surface area (Å²) in [6.07, 6.45) is 0.543. The van der Waals surface area contributed by atoms with Crippen molar-refractivity contribution in [1.82, 2.24) is 9.62 Å². The Balaban J connectivity index is 1.73. The molecule has 1 saturated heterocycles. The zero-order valence-electron chi connectivity index (χ0n) is 19.5. The van der Waals surface area contributed by atoms with Gasteiger partial charge in [-0.25, -0.2) is 12.8 Å². The molecular weight excluding hydrogens is 465 g/mol. The highest BCUT2D eigenvalue weighted by atomic mass is 32.2. The number of nitrogens with zero attached hydrogens (tertiary/aromatic N) is 2. The first-order valence-corrected chi connectivity index (χ1v) is 12.3. The molecule has 1 aliphatic heterocycles. The Morgan fingerprint density at radius 1 is 1.18 bits per heavy atom. The molecule has 0 radical (unpaired) electrons. The van der Waals surface area contributed by atoms with E-state index in [1.165, 1.54) is 36.7 Å². The second-order valence-corrected chi connectivity index (χ2v) is 9.64. The molecule has 0 saturated carbocycles. The Morgan fingerprint density at radius 2 is 1.88 bits per heavy atom. The number of carbonyl (C=O) groups is 1. The molecule has 0 unspecified atom stereocenters. The summed E-state index contributed by atoms with van der Waals surface area (Å²) in [5.41, 5.74) is 0.525. The van der Waals surface area contributed by atoms with Gasteiger partial charge in [0.1, 0.15) is 5.82 Å². The summed E-state index contributed by atoms with van der Waals surface area (Å²) in [5, 5.41) is 2.78. The maximum atomic E-state index is 13.9. The van der Waals surface area contributed by atoms with Gasteiger partial charge < -0.3 is 24.4 Å². The number of methoxy groups -OCH3 is 2. The third kappa shape index (κ3) is 5.78. The molecule has 0 aliphatic carbocycles. The molecule has 1 heterocycles. The van der Waals surface area contributed by atoms with Crippen LogP contribution in [0.15, 0.2) is 41.3 Å². The summed E-state index contributed by atoms with van der Waals surface area (Å²) in [5.74, 6) is -0.530. The van der Waals surface area contributed by atoms with Crippen LogP contribution in [0.3, 0.4) is 0 Å². The molecule has 2 aromatic carbocycles. The van der Waals surface area contributed by atoms with Crippen molar-refractivity contribution in [3.05, 3.63) is 47.8 Å². The number of halogens is 1. The van der Waals surface area contributed by atoms with E-state index in [0.29, 0.717) is 38.4 Å². The second-order valence-electron chi connectivity index (χ2n) is 7.71. The molecule has 186 valence electrons. The first kappa shape index (κ1) is 25.7. The number of hydrogen-bond acceptors (Lipinski definition) is 7. The topological polar surface area (TPSA) is 97.4 Å². The SMILES string of the molecule is COc1cc(S(=O)(=O)N2CCOCC2)cc(C(=O)NCCCN(C)c2ccccc2F)c1OC. The Labute approximate surface area is 199 Å². The van der Waals surface area contributed by atoms with Crippen molar-refractivity contribution in [2.24, 2.45) is 0 Å². The van der Waals surface area contributed by atoms with Crippen molar-refractivity contribution in [1.29, 1.82) is 0 Å². The van der Waals surface area contributed by atoms with Gasteiger partial charge in [-0.3, -0.25) is 4.79 Å². The minimum Gasteiger partial charge on any atom is -0.493 e. The van der Waals surface area contributed by atoms with Crippen molar-refractivity contribution in [3.63, 3.8) is 0 Å². The molecular formula is C23H30FN3O6S. The molecule has 1 amide bonds. The number of nitrogens with one attached hydrogen (secondary N) is 1. The van der Waals surface area contributed by atoms with Gasteiger partial charge in [-0.2, -0.15) is 4.31 Å². The second kappa shape index (κ2) is 11.5. The van der Waals surface area contributed by atoms with Crippen LogP contribution in [0.2, 0.25) is 0 Å². The number of ether oxygens (including phenoxy) is 3. The highest BCUT2D eigenvalue weighted by Crippen LogP contribution is 2.35. The van der Waals surface area contributed by atoms with Crippen LogP contribution in [0.1, 0.15) is 16.8 Å². The van der Waals surface area contributed by atoms with Crippen LogP contribution in [-0.2, 0) is 14.8 Å². The van der Waals surface area contributed by atoms with E-state index in [1.54, 1.807) is 30.1 Å². The van der Waals surface area contributed by atoms with Crippen molar-refractivity contribution in [3.8, 4) is 11.5 Å². The number of sulfonamides is 1. The fraction of sp³-hybridized carbons (Fsp3) is 0.435. The maximum absolute atomic E-state index is 13.9. The van der Waals surface area contributed by atoms with Gasteiger partial charge in [0.2, 0.25) is 10.0 Å². The molecule has 1 N–H and O–H groups in total. The van der Waals surface area contributed by atoms with E-state index in [4.69, 9.17) is 14.2 Å². The zero-order chi connectivity index (χ0) is 24.7. The Kier molecular flexibility index (Phi) is 8.70. The Hall–Kier alpha value is -2.89. The van der Waals surface area contributed by atoms with E-state index in [1.807, 2.05) is 0 Å². The Bertz CT molecular complexity index is 1110. The molecule has 1 aliphatic rings. The summed E-state index contributed by atoms with van der Waals surface area (Å²) in [4.78, 5) is 14.7. The molecule has 2 aromatic rings. The average Bonchev–Trinajstić information content (AvgIpc) is 2.86. The molecule has 0 spiro atoms. The van der Waals surface area contributed by atoms with Gasteiger partial charge in [0.25, 0.3) is 5.91 Å². The van der Waals surface area contributed by atoms with E-state index in [2.05, 4.69) is 5.32 Å². The van der Waals surface area contributed by atoms with Crippen LogP contribution in [0.4, 0.5) is 10.1 Å². The fourth-order valence-electron chi connectivity index (χ4n) is 3.69. The highest BCUT2D eigenvalue weighted by Gasteiger charge is 2.30. The number of anilines is 1. The van der Waals surface area contributed by atoms with Gasteiger partial charge in [-0.05, 0) is 24.6 Å². The van der Waals surface area contributed by atoms with Crippen LogP contribution in [0.5, 0.6) is 11.5 Å². The molecule has 0 aromatic heterocycles. The van der Waals surface area contributed by atoms with Crippen molar-refractivity contribution in [2.75, 3.05) is 65.6 Å². The number of amides is 1. The lowest BCUT2D eigenvalue weighted by Gasteiger charge is -2.26. The van der Waals surface area contributed by atoms with Gasteiger partial charge in [-0.1, -0.05) is 12.1 Å². The van der Waals surface area contributed by atoms with Crippen LogP contribution in [0, 0.1) is 5.82 Å². The minimum absolute atomic E-state index is 0.0520. The first-order valence-electron chi connectivity index (χ1n) is 10.9. The molecule has 11 heteroatoms. The van der Waals surface area contributed by atoms with E-state index in [-0.39, 0.29) is 40.9 Å². The summed E-state index contributed by atoms with van der Waals surface area (Å²) in [6, 6.07) is 9.11. The van der Waals surface area contributed by atoms with Gasteiger partial charge >= 0.3 is 0 Å².